The lowest BCUT2D eigenvalue weighted by atomic mass is 10.0. The summed E-state index contributed by atoms with van der Waals surface area (Å²) in [5, 5.41) is 28.6. The largest absolute Gasteiger partial charge is 0.388 e. The molecule has 5 nitrogen and oxygen atoms in total. The van der Waals surface area contributed by atoms with E-state index in [2.05, 4.69) is 19.1 Å². The Hall–Kier alpha value is -0.460. The molecule has 1 rings (SSSR count). The Morgan fingerprint density at radius 3 is 2.45 bits per heavy atom. The molecule has 1 saturated heterocycles. The van der Waals surface area contributed by atoms with E-state index in [4.69, 9.17) is 9.47 Å². The van der Waals surface area contributed by atoms with E-state index >= 15 is 0 Å². The summed E-state index contributed by atoms with van der Waals surface area (Å²) in [4.78, 5) is 0. The van der Waals surface area contributed by atoms with Gasteiger partial charge in [-0.15, -0.1) is 0 Å². The SMILES string of the molecule is CCCC/C=C/CCCCCOC[C@H]1OC[C@H](O)[C@@H](O)[C@@H]1O. The van der Waals surface area contributed by atoms with Crippen molar-refractivity contribution < 1.29 is 24.8 Å². The average molecular weight is 316 g/mol. The third-order valence-electron chi connectivity index (χ3n) is 3.94. The lowest BCUT2D eigenvalue weighted by molar-refractivity contribution is -0.199. The molecule has 130 valence electrons. The maximum Gasteiger partial charge on any atom is 0.111 e. The van der Waals surface area contributed by atoms with Gasteiger partial charge in [0.1, 0.15) is 24.4 Å². The molecule has 0 amide bonds. The summed E-state index contributed by atoms with van der Waals surface area (Å²) in [6, 6.07) is 0. The first-order valence-corrected chi connectivity index (χ1v) is 8.55. The van der Waals surface area contributed by atoms with Crippen LogP contribution in [0.2, 0.25) is 0 Å². The summed E-state index contributed by atoms with van der Waals surface area (Å²) in [5.41, 5.74) is 0. The fourth-order valence-electron chi connectivity index (χ4n) is 2.41. The number of allylic oxidation sites excluding steroid dienone is 2. The number of hydrogen-bond acceptors (Lipinski definition) is 5. The van der Waals surface area contributed by atoms with Gasteiger partial charge in [0, 0.05) is 6.61 Å². The summed E-state index contributed by atoms with van der Waals surface area (Å²) in [6.45, 7) is 3.12. The van der Waals surface area contributed by atoms with Crippen LogP contribution < -0.4 is 0 Å². The van der Waals surface area contributed by atoms with E-state index in [1.54, 1.807) is 0 Å². The molecule has 3 N–H and O–H groups in total. The second-order valence-electron chi connectivity index (χ2n) is 5.96. The Bertz CT molecular complexity index is 295. The van der Waals surface area contributed by atoms with Gasteiger partial charge in [-0.1, -0.05) is 38.3 Å². The van der Waals surface area contributed by atoms with Crippen molar-refractivity contribution in [3.63, 3.8) is 0 Å². The minimum atomic E-state index is -1.15. The molecular weight excluding hydrogens is 284 g/mol. The average Bonchev–Trinajstić information content (AvgIpc) is 2.52. The van der Waals surface area contributed by atoms with Crippen molar-refractivity contribution in [2.75, 3.05) is 19.8 Å². The van der Waals surface area contributed by atoms with E-state index in [1.807, 2.05) is 0 Å². The van der Waals surface area contributed by atoms with Crippen LogP contribution in [0.5, 0.6) is 0 Å². The van der Waals surface area contributed by atoms with Crippen LogP contribution in [0.4, 0.5) is 0 Å². The first-order chi connectivity index (χ1) is 10.7. The Morgan fingerprint density at radius 1 is 1.00 bits per heavy atom. The van der Waals surface area contributed by atoms with Gasteiger partial charge in [-0.05, 0) is 25.7 Å². The van der Waals surface area contributed by atoms with Crippen molar-refractivity contribution in [2.24, 2.45) is 0 Å². The van der Waals surface area contributed by atoms with Gasteiger partial charge in [-0.3, -0.25) is 0 Å². The van der Waals surface area contributed by atoms with Gasteiger partial charge < -0.3 is 24.8 Å². The predicted octanol–water partition coefficient (Wildman–Crippen LogP) is 1.79. The highest BCUT2D eigenvalue weighted by atomic mass is 16.6. The predicted molar refractivity (Wildman–Crippen MR) is 85.7 cm³/mol. The van der Waals surface area contributed by atoms with E-state index in [9.17, 15) is 15.3 Å². The molecule has 1 aliphatic heterocycles. The van der Waals surface area contributed by atoms with Crippen molar-refractivity contribution >= 4 is 0 Å². The van der Waals surface area contributed by atoms with Crippen molar-refractivity contribution in [1.82, 2.24) is 0 Å². The Kier molecular flexibility index (Phi) is 10.7. The van der Waals surface area contributed by atoms with Crippen LogP contribution in [-0.4, -0.2) is 59.6 Å². The Morgan fingerprint density at radius 2 is 1.73 bits per heavy atom. The molecular formula is C17H32O5. The highest BCUT2D eigenvalue weighted by Gasteiger charge is 2.37. The molecule has 0 bridgehead atoms. The zero-order valence-corrected chi connectivity index (χ0v) is 13.7. The monoisotopic (exact) mass is 316 g/mol. The Labute approximate surface area is 133 Å². The van der Waals surface area contributed by atoms with Crippen molar-refractivity contribution in [3.8, 4) is 0 Å². The van der Waals surface area contributed by atoms with Crippen LogP contribution in [-0.2, 0) is 9.47 Å². The first kappa shape index (κ1) is 19.6. The molecule has 1 fully saturated rings. The lowest BCUT2D eigenvalue weighted by Crippen LogP contribution is -2.54. The topological polar surface area (TPSA) is 79.2 Å². The number of hydrogen-bond donors (Lipinski definition) is 3. The van der Waals surface area contributed by atoms with E-state index in [0.717, 1.165) is 19.3 Å². The summed E-state index contributed by atoms with van der Waals surface area (Å²) in [5.74, 6) is 0. The third kappa shape index (κ3) is 7.70. The van der Waals surface area contributed by atoms with Crippen LogP contribution in [0.25, 0.3) is 0 Å². The smallest absolute Gasteiger partial charge is 0.111 e. The summed E-state index contributed by atoms with van der Waals surface area (Å²) >= 11 is 0. The molecule has 22 heavy (non-hydrogen) atoms. The van der Waals surface area contributed by atoms with Gasteiger partial charge in [0.15, 0.2) is 0 Å². The second-order valence-corrected chi connectivity index (χ2v) is 5.96. The van der Waals surface area contributed by atoms with Gasteiger partial charge >= 0.3 is 0 Å². The van der Waals surface area contributed by atoms with Gasteiger partial charge in [0.2, 0.25) is 0 Å². The molecule has 0 spiro atoms. The second kappa shape index (κ2) is 12.0. The highest BCUT2D eigenvalue weighted by Crippen LogP contribution is 2.16. The molecule has 0 unspecified atom stereocenters. The fraction of sp³-hybridized carbons (Fsp3) is 0.882. The van der Waals surface area contributed by atoms with Gasteiger partial charge in [-0.25, -0.2) is 0 Å². The van der Waals surface area contributed by atoms with E-state index in [0.29, 0.717) is 6.61 Å². The number of ether oxygens (including phenoxy) is 2. The maximum atomic E-state index is 9.75. The van der Waals surface area contributed by atoms with Gasteiger partial charge in [0.05, 0.1) is 13.2 Å². The highest BCUT2D eigenvalue weighted by molar-refractivity contribution is 4.86. The summed E-state index contributed by atoms with van der Waals surface area (Å²) in [6.07, 6.45) is 8.81. The number of rotatable bonds is 11. The normalized spacial score (nSPS) is 29.3. The zero-order valence-electron chi connectivity index (χ0n) is 13.7. The third-order valence-corrected chi connectivity index (χ3v) is 3.94. The molecule has 1 heterocycles. The van der Waals surface area contributed by atoms with Crippen LogP contribution >= 0.6 is 0 Å². The molecule has 1 aliphatic rings. The molecule has 0 aromatic rings. The van der Waals surface area contributed by atoms with Crippen molar-refractivity contribution in [1.29, 1.82) is 0 Å². The Balaban J connectivity index is 1.94. The number of aliphatic hydroxyl groups excluding tert-OH is 3. The van der Waals surface area contributed by atoms with Crippen LogP contribution in [0.15, 0.2) is 12.2 Å². The standard InChI is InChI=1S/C17H32O5/c1-2-3-4-5-6-7-8-9-10-11-21-13-15-17(20)16(19)14(18)12-22-15/h5-6,14-20H,2-4,7-13H2,1H3/b6-5+/t14-,15+,16+,17+/m0/s1. The molecule has 0 aromatic carbocycles. The minimum absolute atomic E-state index is 0.0383. The molecule has 0 aromatic heterocycles. The van der Waals surface area contributed by atoms with Crippen LogP contribution in [0.3, 0.4) is 0 Å². The minimum Gasteiger partial charge on any atom is -0.388 e. The molecule has 0 saturated carbocycles. The fourth-order valence-corrected chi connectivity index (χ4v) is 2.41. The lowest BCUT2D eigenvalue weighted by Gasteiger charge is -2.35. The number of unbranched alkanes of at least 4 members (excludes halogenated alkanes) is 5. The quantitative estimate of drug-likeness (QED) is 0.400. The molecule has 0 aliphatic carbocycles. The number of aliphatic hydroxyl groups is 3. The molecule has 0 radical (unpaired) electrons. The van der Waals surface area contributed by atoms with Crippen molar-refractivity contribution in [3.05, 3.63) is 12.2 Å². The van der Waals surface area contributed by atoms with Gasteiger partial charge in [-0.2, -0.15) is 0 Å². The van der Waals surface area contributed by atoms with Gasteiger partial charge in [0.25, 0.3) is 0 Å². The van der Waals surface area contributed by atoms with Crippen molar-refractivity contribution in [2.45, 2.75) is 76.3 Å². The summed E-state index contributed by atoms with van der Waals surface area (Å²) in [7, 11) is 0. The van der Waals surface area contributed by atoms with E-state index < -0.39 is 24.4 Å². The first-order valence-electron chi connectivity index (χ1n) is 8.55. The van der Waals surface area contributed by atoms with Crippen LogP contribution in [0, 0.1) is 0 Å². The maximum absolute atomic E-state index is 9.75. The van der Waals surface area contributed by atoms with Crippen LogP contribution in [0.1, 0.15) is 51.9 Å². The van der Waals surface area contributed by atoms with E-state index in [-0.39, 0.29) is 13.2 Å². The zero-order chi connectivity index (χ0) is 16.2. The molecule has 5 heteroatoms. The summed E-state index contributed by atoms with van der Waals surface area (Å²) < 4.78 is 10.8. The molecule has 4 atom stereocenters. The van der Waals surface area contributed by atoms with E-state index in [1.165, 1.54) is 25.7 Å².